The molecule has 2 aromatic heterocycles. The molecule has 0 atom stereocenters. The number of nitrogens with one attached hydrogen (secondary N) is 1. The molecule has 3 aromatic rings. The SMILES string of the molecule is Cc1nc2c3ccccc3nn2c(C)c1CCC(=O)N(C)C1CCNCC1.Cl. The summed E-state index contributed by atoms with van der Waals surface area (Å²) in [5.74, 6) is 0.214. The molecular formula is C21H28ClN5O. The van der Waals surface area contributed by atoms with Crippen LogP contribution in [0.3, 0.4) is 0 Å². The highest BCUT2D eigenvalue weighted by Crippen LogP contribution is 2.23. The van der Waals surface area contributed by atoms with Crippen molar-refractivity contribution in [3.63, 3.8) is 0 Å². The molecule has 0 bridgehead atoms. The summed E-state index contributed by atoms with van der Waals surface area (Å²) in [7, 11) is 1.94. The van der Waals surface area contributed by atoms with Gasteiger partial charge >= 0.3 is 0 Å². The first-order chi connectivity index (χ1) is 13.1. The van der Waals surface area contributed by atoms with Crippen molar-refractivity contribution in [3.05, 3.63) is 41.2 Å². The highest BCUT2D eigenvalue weighted by atomic mass is 35.5. The van der Waals surface area contributed by atoms with Crippen LogP contribution in [0.1, 0.15) is 36.2 Å². The van der Waals surface area contributed by atoms with Gasteiger partial charge in [0, 0.05) is 36.3 Å². The number of halogens is 1. The van der Waals surface area contributed by atoms with Gasteiger partial charge < -0.3 is 10.2 Å². The average Bonchev–Trinajstić information content (AvgIpc) is 3.06. The highest BCUT2D eigenvalue weighted by Gasteiger charge is 2.22. The maximum Gasteiger partial charge on any atom is 0.222 e. The monoisotopic (exact) mass is 401 g/mol. The molecule has 1 aliphatic rings. The fraction of sp³-hybridized carbons (Fsp3) is 0.476. The van der Waals surface area contributed by atoms with Crippen LogP contribution in [0.25, 0.3) is 16.6 Å². The van der Waals surface area contributed by atoms with Gasteiger partial charge in [-0.15, -0.1) is 12.4 Å². The second-order valence-electron chi connectivity index (χ2n) is 7.50. The molecule has 0 saturated carbocycles. The number of hydrogen-bond acceptors (Lipinski definition) is 4. The van der Waals surface area contributed by atoms with Gasteiger partial charge in [-0.25, -0.2) is 9.50 Å². The van der Waals surface area contributed by atoms with Gasteiger partial charge in [-0.05, 0) is 63.9 Å². The first-order valence-electron chi connectivity index (χ1n) is 9.76. The molecule has 4 rings (SSSR count). The van der Waals surface area contributed by atoms with Crippen molar-refractivity contribution in [2.75, 3.05) is 20.1 Å². The number of piperidine rings is 1. The number of benzene rings is 1. The van der Waals surface area contributed by atoms with Gasteiger partial charge in [0.2, 0.25) is 5.91 Å². The number of aryl methyl sites for hydroxylation is 2. The first-order valence-corrected chi connectivity index (χ1v) is 9.76. The Balaban J connectivity index is 0.00000225. The molecule has 1 aliphatic heterocycles. The van der Waals surface area contributed by atoms with E-state index < -0.39 is 0 Å². The normalized spacial score (nSPS) is 15.0. The van der Waals surface area contributed by atoms with E-state index in [4.69, 9.17) is 10.1 Å². The minimum Gasteiger partial charge on any atom is -0.343 e. The quantitative estimate of drug-likeness (QED) is 0.729. The van der Waals surface area contributed by atoms with Crippen molar-refractivity contribution >= 4 is 34.9 Å². The Bertz CT molecular complexity index is 993. The van der Waals surface area contributed by atoms with Crippen LogP contribution in [0.15, 0.2) is 24.3 Å². The van der Waals surface area contributed by atoms with E-state index in [9.17, 15) is 4.79 Å². The first kappa shape index (κ1) is 20.6. The predicted octanol–water partition coefficient (Wildman–Crippen LogP) is 3.06. The second kappa shape index (κ2) is 8.45. The van der Waals surface area contributed by atoms with E-state index in [0.29, 0.717) is 18.9 Å². The number of fused-ring (bicyclic) bond motifs is 3. The molecular weight excluding hydrogens is 374 g/mol. The van der Waals surface area contributed by atoms with Crippen molar-refractivity contribution in [2.45, 2.75) is 45.6 Å². The highest BCUT2D eigenvalue weighted by molar-refractivity contribution is 5.92. The Morgan fingerprint density at radius 1 is 1.25 bits per heavy atom. The van der Waals surface area contributed by atoms with E-state index in [0.717, 1.165) is 59.4 Å². The third-order valence-corrected chi connectivity index (χ3v) is 5.86. The van der Waals surface area contributed by atoms with Gasteiger partial charge in [-0.3, -0.25) is 4.79 Å². The Morgan fingerprint density at radius 3 is 2.71 bits per heavy atom. The summed E-state index contributed by atoms with van der Waals surface area (Å²) >= 11 is 0. The van der Waals surface area contributed by atoms with Gasteiger partial charge in [-0.2, -0.15) is 5.10 Å². The Hall–Kier alpha value is -2.18. The Kier molecular flexibility index (Phi) is 6.20. The molecule has 0 aliphatic carbocycles. The topological polar surface area (TPSA) is 62.5 Å². The summed E-state index contributed by atoms with van der Waals surface area (Å²) in [4.78, 5) is 19.5. The van der Waals surface area contributed by atoms with Crippen molar-refractivity contribution in [1.82, 2.24) is 24.8 Å². The lowest BCUT2D eigenvalue weighted by Gasteiger charge is -2.31. The van der Waals surface area contributed by atoms with E-state index >= 15 is 0 Å². The fourth-order valence-electron chi connectivity index (χ4n) is 4.14. The van der Waals surface area contributed by atoms with Crippen LogP contribution in [0.2, 0.25) is 0 Å². The third kappa shape index (κ3) is 3.71. The van der Waals surface area contributed by atoms with Crippen LogP contribution < -0.4 is 5.32 Å². The third-order valence-electron chi connectivity index (χ3n) is 5.86. The van der Waals surface area contributed by atoms with Crippen LogP contribution in [0.5, 0.6) is 0 Å². The molecule has 1 fully saturated rings. The van der Waals surface area contributed by atoms with Crippen LogP contribution in [0, 0.1) is 13.8 Å². The maximum atomic E-state index is 12.7. The zero-order chi connectivity index (χ0) is 19.0. The van der Waals surface area contributed by atoms with Gasteiger partial charge in [0.05, 0.1) is 5.52 Å². The Morgan fingerprint density at radius 2 is 1.96 bits per heavy atom. The van der Waals surface area contributed by atoms with Gasteiger partial charge in [0.1, 0.15) is 0 Å². The van der Waals surface area contributed by atoms with E-state index in [1.165, 1.54) is 0 Å². The summed E-state index contributed by atoms with van der Waals surface area (Å²) in [6, 6.07) is 8.43. The zero-order valence-electron chi connectivity index (χ0n) is 16.7. The molecule has 28 heavy (non-hydrogen) atoms. The van der Waals surface area contributed by atoms with Crippen LogP contribution >= 0.6 is 12.4 Å². The van der Waals surface area contributed by atoms with Crippen molar-refractivity contribution in [2.24, 2.45) is 0 Å². The zero-order valence-corrected chi connectivity index (χ0v) is 17.6. The van der Waals surface area contributed by atoms with Crippen LogP contribution in [0.4, 0.5) is 0 Å². The van der Waals surface area contributed by atoms with Crippen molar-refractivity contribution in [3.8, 4) is 0 Å². The molecule has 3 heterocycles. The lowest BCUT2D eigenvalue weighted by atomic mass is 10.0. The van der Waals surface area contributed by atoms with Crippen LogP contribution in [-0.2, 0) is 11.2 Å². The lowest BCUT2D eigenvalue weighted by Crippen LogP contribution is -2.44. The van der Waals surface area contributed by atoms with E-state index in [2.05, 4.69) is 18.3 Å². The molecule has 1 saturated heterocycles. The number of rotatable bonds is 4. The lowest BCUT2D eigenvalue weighted by molar-refractivity contribution is -0.132. The molecule has 0 unspecified atom stereocenters. The van der Waals surface area contributed by atoms with Gasteiger partial charge in [0.25, 0.3) is 0 Å². The smallest absolute Gasteiger partial charge is 0.222 e. The molecule has 150 valence electrons. The van der Waals surface area contributed by atoms with Crippen LogP contribution in [-0.4, -0.2) is 51.6 Å². The number of carbonyl (C=O) groups excluding carboxylic acids is 1. The average molecular weight is 402 g/mol. The molecule has 1 amide bonds. The fourth-order valence-corrected chi connectivity index (χ4v) is 4.14. The summed E-state index contributed by atoms with van der Waals surface area (Å²) < 4.78 is 1.92. The number of aromatic nitrogens is 3. The number of nitrogens with zero attached hydrogens (tertiary/aromatic N) is 4. The number of hydrogen-bond donors (Lipinski definition) is 1. The summed E-state index contributed by atoms with van der Waals surface area (Å²) in [5, 5.41) is 9.12. The van der Waals surface area contributed by atoms with Gasteiger partial charge in [-0.1, -0.05) is 12.1 Å². The minimum atomic E-state index is 0. The summed E-state index contributed by atoms with van der Waals surface area (Å²) in [6.45, 7) is 6.09. The summed E-state index contributed by atoms with van der Waals surface area (Å²) in [6.07, 6.45) is 3.28. The molecule has 1 N–H and O–H groups in total. The summed E-state index contributed by atoms with van der Waals surface area (Å²) in [5.41, 5.74) is 5.03. The van der Waals surface area contributed by atoms with E-state index in [-0.39, 0.29) is 18.3 Å². The standard InChI is InChI=1S/C21H27N5O.ClH/c1-14-17(8-9-20(27)25(3)16-10-12-22-13-11-16)15(2)26-21(23-14)18-6-4-5-7-19(18)24-26;/h4-7,16,22H,8-13H2,1-3H3;1H. The predicted molar refractivity (Wildman–Crippen MR) is 114 cm³/mol. The molecule has 1 aromatic carbocycles. The number of carbonyl (C=O) groups is 1. The Labute approximate surface area is 171 Å². The largest absolute Gasteiger partial charge is 0.343 e. The maximum absolute atomic E-state index is 12.7. The number of amides is 1. The van der Waals surface area contributed by atoms with Crippen molar-refractivity contribution in [1.29, 1.82) is 0 Å². The molecule has 0 radical (unpaired) electrons. The van der Waals surface area contributed by atoms with Crippen molar-refractivity contribution < 1.29 is 4.79 Å². The second-order valence-corrected chi connectivity index (χ2v) is 7.50. The van der Waals surface area contributed by atoms with E-state index in [1.807, 2.05) is 41.6 Å². The van der Waals surface area contributed by atoms with E-state index in [1.54, 1.807) is 0 Å². The molecule has 6 nitrogen and oxygen atoms in total. The molecule has 0 spiro atoms. The minimum absolute atomic E-state index is 0. The van der Waals surface area contributed by atoms with Gasteiger partial charge in [0.15, 0.2) is 5.65 Å². The molecule has 7 heteroatoms.